The molecule has 0 aliphatic heterocycles. The highest BCUT2D eigenvalue weighted by atomic mass is 16.1. The summed E-state index contributed by atoms with van der Waals surface area (Å²) in [6.45, 7) is 4.77. The molecule has 0 aliphatic rings. The monoisotopic (exact) mass is 230 g/mol. The molecule has 0 N–H and O–H groups in total. The van der Waals surface area contributed by atoms with Gasteiger partial charge in [-0.1, -0.05) is 32.0 Å². The Hall–Kier alpha value is -1.82. The van der Waals surface area contributed by atoms with Crippen LogP contribution in [0.4, 0.5) is 5.69 Å². The molecule has 0 heterocycles. The Bertz CT molecular complexity index is 392. The number of ketones is 1. The minimum Gasteiger partial charge on any atom is -0.363 e. The Morgan fingerprint density at radius 1 is 1.35 bits per heavy atom. The first-order valence-electron chi connectivity index (χ1n) is 5.84. The number of rotatable bonds is 6. The van der Waals surface area contributed by atoms with Crippen molar-refractivity contribution >= 4 is 11.5 Å². The molecule has 0 atom stereocenters. The lowest BCUT2D eigenvalue weighted by Gasteiger charge is -2.23. The lowest BCUT2D eigenvalue weighted by atomic mass is 10.1. The first kappa shape index (κ1) is 13.2. The molecule has 0 aromatic heterocycles. The molecule has 0 unspecified atom stereocenters. The Morgan fingerprint density at radius 3 is 2.53 bits per heavy atom. The molecule has 0 saturated carbocycles. The molecular formula is C14H18N2O. The first-order valence-corrected chi connectivity index (χ1v) is 5.84. The largest absolute Gasteiger partial charge is 0.363 e. The highest BCUT2D eigenvalue weighted by molar-refractivity contribution is 5.85. The zero-order valence-electron chi connectivity index (χ0n) is 10.4. The van der Waals surface area contributed by atoms with E-state index in [1.807, 2.05) is 49.1 Å². The third-order valence-corrected chi connectivity index (χ3v) is 2.61. The van der Waals surface area contributed by atoms with Crippen LogP contribution >= 0.6 is 0 Å². The number of carbonyl (C=O) groups is 1. The van der Waals surface area contributed by atoms with Gasteiger partial charge in [0.15, 0.2) is 5.78 Å². The number of benzene rings is 1. The Kier molecular flexibility index (Phi) is 5.22. The highest BCUT2D eigenvalue weighted by Gasteiger charge is 2.13. The van der Waals surface area contributed by atoms with Crippen LogP contribution in [-0.2, 0) is 4.79 Å². The van der Waals surface area contributed by atoms with Crippen LogP contribution in [0.15, 0.2) is 30.3 Å². The number of hydrogen-bond acceptors (Lipinski definition) is 3. The molecule has 0 fully saturated rings. The van der Waals surface area contributed by atoms with Gasteiger partial charge in [-0.3, -0.25) is 4.79 Å². The van der Waals surface area contributed by atoms with Gasteiger partial charge in [0.05, 0.1) is 19.0 Å². The average molecular weight is 230 g/mol. The zero-order chi connectivity index (χ0) is 12.7. The van der Waals surface area contributed by atoms with Crippen molar-refractivity contribution in [3.05, 3.63) is 30.3 Å². The normalized spacial score (nSPS) is 10.0. The van der Waals surface area contributed by atoms with E-state index >= 15 is 0 Å². The average Bonchev–Trinajstić information content (AvgIpc) is 2.35. The molecule has 0 spiro atoms. The van der Waals surface area contributed by atoms with Crippen LogP contribution in [0.1, 0.15) is 20.3 Å². The van der Waals surface area contributed by atoms with Gasteiger partial charge in [-0.05, 0) is 12.1 Å². The van der Waals surface area contributed by atoms with Crippen LogP contribution < -0.4 is 4.90 Å². The van der Waals surface area contributed by atoms with Crippen LogP contribution in [0, 0.1) is 17.2 Å². The summed E-state index contributed by atoms with van der Waals surface area (Å²) in [4.78, 5) is 13.7. The molecule has 1 rings (SSSR count). The molecule has 1 aromatic carbocycles. The molecule has 0 radical (unpaired) electrons. The third-order valence-electron chi connectivity index (χ3n) is 2.61. The van der Waals surface area contributed by atoms with Crippen molar-refractivity contribution in [2.45, 2.75) is 20.3 Å². The van der Waals surface area contributed by atoms with E-state index in [2.05, 4.69) is 6.07 Å². The third kappa shape index (κ3) is 4.28. The van der Waals surface area contributed by atoms with Crippen molar-refractivity contribution in [3.63, 3.8) is 0 Å². The van der Waals surface area contributed by atoms with Gasteiger partial charge in [0.25, 0.3) is 0 Å². The van der Waals surface area contributed by atoms with Crippen LogP contribution in [0.25, 0.3) is 0 Å². The topological polar surface area (TPSA) is 44.1 Å². The van der Waals surface area contributed by atoms with Gasteiger partial charge < -0.3 is 4.90 Å². The quantitative estimate of drug-likeness (QED) is 0.754. The van der Waals surface area contributed by atoms with E-state index in [1.54, 1.807) is 0 Å². The fraction of sp³-hybridized carbons (Fsp3) is 0.429. The van der Waals surface area contributed by atoms with Gasteiger partial charge in [0.2, 0.25) is 0 Å². The predicted octanol–water partition coefficient (Wildman–Crippen LogP) is 2.63. The minimum atomic E-state index is 0.0308. The molecule has 17 heavy (non-hydrogen) atoms. The number of para-hydroxylation sites is 1. The fourth-order valence-electron chi connectivity index (χ4n) is 1.49. The molecule has 3 nitrogen and oxygen atoms in total. The van der Waals surface area contributed by atoms with Crippen LogP contribution in [0.2, 0.25) is 0 Å². The van der Waals surface area contributed by atoms with Gasteiger partial charge in [0.1, 0.15) is 0 Å². The molecule has 3 heteroatoms. The molecule has 0 bridgehead atoms. The second-order valence-corrected chi connectivity index (χ2v) is 4.29. The summed E-state index contributed by atoms with van der Waals surface area (Å²) in [5.74, 6) is 0.232. The number of carbonyl (C=O) groups excluding carboxylic acids is 1. The Labute approximate surface area is 103 Å². The van der Waals surface area contributed by atoms with Crippen molar-refractivity contribution in [3.8, 4) is 6.07 Å². The Balaban J connectivity index is 2.75. The molecule has 0 amide bonds. The van der Waals surface area contributed by atoms with Gasteiger partial charge in [0, 0.05) is 18.2 Å². The summed E-state index contributed by atoms with van der Waals surface area (Å²) >= 11 is 0. The number of hydrogen-bond donors (Lipinski definition) is 0. The van der Waals surface area contributed by atoms with E-state index in [-0.39, 0.29) is 11.7 Å². The van der Waals surface area contributed by atoms with Gasteiger partial charge in [-0.15, -0.1) is 0 Å². The van der Waals surface area contributed by atoms with Crippen molar-refractivity contribution < 1.29 is 4.79 Å². The number of Topliss-reactive ketones (excluding diaryl/α,β-unsaturated/α-hetero) is 1. The van der Waals surface area contributed by atoms with Gasteiger partial charge in [-0.25, -0.2) is 0 Å². The lowest BCUT2D eigenvalue weighted by molar-refractivity contribution is -0.120. The number of nitrogens with zero attached hydrogens (tertiary/aromatic N) is 2. The van der Waals surface area contributed by atoms with E-state index in [0.29, 0.717) is 19.5 Å². The van der Waals surface area contributed by atoms with Gasteiger partial charge >= 0.3 is 0 Å². The maximum atomic E-state index is 11.8. The molecule has 0 aliphatic carbocycles. The minimum absolute atomic E-state index is 0.0308. The van der Waals surface area contributed by atoms with Crippen molar-refractivity contribution in [2.75, 3.05) is 18.0 Å². The summed E-state index contributed by atoms with van der Waals surface area (Å²) in [5.41, 5.74) is 0.997. The van der Waals surface area contributed by atoms with E-state index in [1.165, 1.54) is 0 Å². The van der Waals surface area contributed by atoms with Crippen molar-refractivity contribution in [1.82, 2.24) is 0 Å². The zero-order valence-corrected chi connectivity index (χ0v) is 10.4. The maximum absolute atomic E-state index is 11.8. The summed E-state index contributed by atoms with van der Waals surface area (Å²) in [6.07, 6.45) is 0.431. The standard InChI is InChI=1S/C14H18N2O/c1-12(2)14(17)11-16(10-6-9-15)13-7-4-3-5-8-13/h3-5,7-8,12H,6,10-11H2,1-2H3. The van der Waals surface area contributed by atoms with Crippen LogP contribution in [0.5, 0.6) is 0 Å². The predicted molar refractivity (Wildman–Crippen MR) is 68.7 cm³/mol. The van der Waals surface area contributed by atoms with Crippen LogP contribution in [0.3, 0.4) is 0 Å². The van der Waals surface area contributed by atoms with E-state index in [9.17, 15) is 4.79 Å². The number of nitriles is 1. The SMILES string of the molecule is CC(C)C(=O)CN(CCC#N)c1ccccc1. The maximum Gasteiger partial charge on any atom is 0.154 e. The lowest BCUT2D eigenvalue weighted by Crippen LogP contribution is -2.32. The van der Waals surface area contributed by atoms with Crippen molar-refractivity contribution in [2.24, 2.45) is 5.92 Å². The first-order chi connectivity index (χ1) is 8.15. The molecular weight excluding hydrogens is 212 g/mol. The van der Waals surface area contributed by atoms with E-state index in [0.717, 1.165) is 5.69 Å². The summed E-state index contributed by atoms with van der Waals surface area (Å²) < 4.78 is 0. The summed E-state index contributed by atoms with van der Waals surface area (Å²) in [7, 11) is 0. The Morgan fingerprint density at radius 2 is 2.00 bits per heavy atom. The molecule has 90 valence electrons. The second-order valence-electron chi connectivity index (χ2n) is 4.29. The van der Waals surface area contributed by atoms with Crippen molar-refractivity contribution in [1.29, 1.82) is 5.26 Å². The molecule has 0 saturated heterocycles. The fourth-order valence-corrected chi connectivity index (χ4v) is 1.49. The molecule has 1 aromatic rings. The second kappa shape index (κ2) is 6.70. The highest BCUT2D eigenvalue weighted by Crippen LogP contribution is 2.14. The summed E-state index contributed by atoms with van der Waals surface area (Å²) in [5, 5.41) is 8.64. The summed E-state index contributed by atoms with van der Waals surface area (Å²) in [6, 6.07) is 11.9. The smallest absolute Gasteiger partial charge is 0.154 e. The van der Waals surface area contributed by atoms with E-state index in [4.69, 9.17) is 5.26 Å². The van der Waals surface area contributed by atoms with Crippen LogP contribution in [-0.4, -0.2) is 18.9 Å². The van der Waals surface area contributed by atoms with E-state index < -0.39 is 0 Å². The number of anilines is 1. The van der Waals surface area contributed by atoms with Gasteiger partial charge in [-0.2, -0.15) is 5.26 Å².